The lowest BCUT2D eigenvalue weighted by Gasteiger charge is -1.96. The second kappa shape index (κ2) is 5.61. The van der Waals surface area contributed by atoms with E-state index >= 15 is 0 Å². The van der Waals surface area contributed by atoms with Crippen LogP contribution in [0.5, 0.6) is 0 Å². The third kappa shape index (κ3) is 3.57. The fourth-order valence-corrected chi connectivity index (χ4v) is 1.10. The maximum absolute atomic E-state index is 10.8. The molecule has 0 fully saturated rings. The molecule has 0 radical (unpaired) electrons. The van der Waals surface area contributed by atoms with Gasteiger partial charge in [-0.05, 0) is 18.9 Å². The van der Waals surface area contributed by atoms with Crippen LogP contribution in [-0.4, -0.2) is 23.0 Å². The Labute approximate surface area is 97.8 Å². The van der Waals surface area contributed by atoms with Crippen molar-refractivity contribution in [3.8, 4) is 11.8 Å². The SMILES string of the molecule is COC(=O)CC#Cc1ccc([N+](=O)[O-])c(C)n1. The van der Waals surface area contributed by atoms with Crippen LogP contribution >= 0.6 is 0 Å². The Hall–Kier alpha value is -2.42. The summed E-state index contributed by atoms with van der Waals surface area (Å²) in [4.78, 5) is 24.8. The molecule has 1 rings (SSSR count). The molecule has 0 aliphatic rings. The van der Waals surface area contributed by atoms with Crippen LogP contribution in [-0.2, 0) is 9.53 Å². The van der Waals surface area contributed by atoms with Gasteiger partial charge in [0, 0.05) is 6.07 Å². The van der Waals surface area contributed by atoms with Crippen LogP contribution in [0.15, 0.2) is 12.1 Å². The number of methoxy groups -OCH3 is 1. The molecule has 0 amide bonds. The predicted molar refractivity (Wildman–Crippen MR) is 59.1 cm³/mol. The number of rotatable bonds is 2. The average Bonchev–Trinajstić information content (AvgIpc) is 2.28. The van der Waals surface area contributed by atoms with Crippen LogP contribution in [0.4, 0.5) is 5.69 Å². The number of aryl methyl sites for hydroxylation is 1. The summed E-state index contributed by atoms with van der Waals surface area (Å²) in [6, 6.07) is 2.78. The number of hydrogen-bond donors (Lipinski definition) is 0. The first-order valence-corrected chi connectivity index (χ1v) is 4.72. The highest BCUT2D eigenvalue weighted by Gasteiger charge is 2.10. The summed E-state index contributed by atoms with van der Waals surface area (Å²) in [5, 5.41) is 10.5. The van der Waals surface area contributed by atoms with E-state index in [0.29, 0.717) is 11.4 Å². The van der Waals surface area contributed by atoms with E-state index in [1.807, 2.05) is 0 Å². The van der Waals surface area contributed by atoms with Gasteiger partial charge in [0.15, 0.2) is 0 Å². The monoisotopic (exact) mass is 234 g/mol. The molecule has 0 aliphatic heterocycles. The molecule has 1 heterocycles. The molecule has 0 N–H and O–H groups in total. The van der Waals surface area contributed by atoms with Gasteiger partial charge in [-0.3, -0.25) is 14.9 Å². The molecule has 0 saturated heterocycles. The van der Waals surface area contributed by atoms with Crippen molar-refractivity contribution in [1.82, 2.24) is 4.98 Å². The second-order valence-electron chi connectivity index (χ2n) is 3.11. The van der Waals surface area contributed by atoms with E-state index in [1.54, 1.807) is 0 Å². The second-order valence-corrected chi connectivity index (χ2v) is 3.11. The highest BCUT2D eigenvalue weighted by atomic mass is 16.6. The van der Waals surface area contributed by atoms with Crippen molar-refractivity contribution < 1.29 is 14.5 Å². The van der Waals surface area contributed by atoms with Crippen molar-refractivity contribution >= 4 is 11.7 Å². The third-order valence-corrected chi connectivity index (χ3v) is 1.93. The first-order chi connectivity index (χ1) is 8.04. The minimum absolute atomic E-state index is 0.0335. The van der Waals surface area contributed by atoms with Gasteiger partial charge in [-0.25, -0.2) is 4.98 Å². The molecule has 6 nitrogen and oxygen atoms in total. The van der Waals surface area contributed by atoms with Gasteiger partial charge in [0.1, 0.15) is 17.8 Å². The summed E-state index contributed by atoms with van der Waals surface area (Å²) in [6.07, 6.45) is -0.0335. The van der Waals surface area contributed by atoms with Gasteiger partial charge in [0.25, 0.3) is 5.69 Å². The van der Waals surface area contributed by atoms with Crippen molar-refractivity contribution in [1.29, 1.82) is 0 Å². The van der Waals surface area contributed by atoms with Crippen LogP contribution in [0, 0.1) is 28.9 Å². The molecule has 0 bridgehead atoms. The highest BCUT2D eigenvalue weighted by molar-refractivity contribution is 5.72. The lowest BCUT2D eigenvalue weighted by Crippen LogP contribution is -1.98. The van der Waals surface area contributed by atoms with Crippen molar-refractivity contribution in [3.63, 3.8) is 0 Å². The molecular formula is C11H10N2O4. The Bertz CT molecular complexity index is 514. The van der Waals surface area contributed by atoms with Crippen molar-refractivity contribution in [3.05, 3.63) is 33.6 Å². The Morgan fingerprint density at radius 3 is 2.82 bits per heavy atom. The van der Waals surface area contributed by atoms with Crippen LogP contribution < -0.4 is 0 Å². The molecule has 6 heteroatoms. The fraction of sp³-hybridized carbons (Fsp3) is 0.273. The summed E-state index contributed by atoms with van der Waals surface area (Å²) in [7, 11) is 1.28. The predicted octanol–water partition coefficient (Wildman–Crippen LogP) is 1.21. The molecule has 0 saturated carbocycles. The van der Waals surface area contributed by atoms with E-state index in [9.17, 15) is 14.9 Å². The molecule has 0 atom stereocenters. The Kier molecular flexibility index (Phi) is 4.17. The van der Waals surface area contributed by atoms with E-state index in [2.05, 4.69) is 21.6 Å². The third-order valence-electron chi connectivity index (χ3n) is 1.93. The number of pyridine rings is 1. The normalized spacial score (nSPS) is 9.06. The number of esters is 1. The summed E-state index contributed by atoms with van der Waals surface area (Å²) >= 11 is 0. The largest absolute Gasteiger partial charge is 0.468 e. The van der Waals surface area contributed by atoms with Gasteiger partial charge < -0.3 is 4.74 Å². The van der Waals surface area contributed by atoms with Gasteiger partial charge in [-0.15, -0.1) is 0 Å². The quantitative estimate of drug-likeness (QED) is 0.332. The van der Waals surface area contributed by atoms with Crippen molar-refractivity contribution in [2.75, 3.05) is 7.11 Å². The van der Waals surface area contributed by atoms with Gasteiger partial charge in [0.05, 0.1) is 12.0 Å². The zero-order valence-corrected chi connectivity index (χ0v) is 9.39. The van der Waals surface area contributed by atoms with E-state index < -0.39 is 10.9 Å². The molecule has 0 aromatic carbocycles. The van der Waals surface area contributed by atoms with Gasteiger partial charge in [-0.2, -0.15) is 0 Å². The Morgan fingerprint density at radius 1 is 1.59 bits per heavy atom. The fourth-order valence-electron chi connectivity index (χ4n) is 1.10. The van der Waals surface area contributed by atoms with Crippen molar-refractivity contribution in [2.45, 2.75) is 13.3 Å². The Balaban J connectivity index is 2.84. The molecule has 1 aromatic heterocycles. The summed E-state index contributed by atoms with van der Waals surface area (Å²) < 4.78 is 4.41. The lowest BCUT2D eigenvalue weighted by molar-refractivity contribution is -0.385. The van der Waals surface area contributed by atoms with Gasteiger partial charge >= 0.3 is 5.97 Å². The van der Waals surface area contributed by atoms with Crippen LogP contribution in [0.3, 0.4) is 0 Å². The zero-order chi connectivity index (χ0) is 12.8. The number of aromatic nitrogens is 1. The molecular weight excluding hydrogens is 224 g/mol. The van der Waals surface area contributed by atoms with Gasteiger partial charge in [0.2, 0.25) is 0 Å². The van der Waals surface area contributed by atoms with Gasteiger partial charge in [-0.1, -0.05) is 5.92 Å². The summed E-state index contributed by atoms with van der Waals surface area (Å²) in [5.41, 5.74) is 0.625. The van der Waals surface area contributed by atoms with E-state index in [0.717, 1.165) is 0 Å². The minimum Gasteiger partial charge on any atom is -0.468 e. The maximum atomic E-state index is 10.8. The number of nitro groups is 1. The number of carbonyl (C=O) groups is 1. The number of nitrogens with zero attached hydrogens (tertiary/aromatic N) is 2. The van der Waals surface area contributed by atoms with Crippen LogP contribution in [0.1, 0.15) is 17.8 Å². The standard InChI is InChI=1S/C11H10N2O4/c1-8-10(13(15)16)7-6-9(12-8)4-3-5-11(14)17-2/h6-7H,5H2,1-2H3. The maximum Gasteiger partial charge on any atom is 0.317 e. The lowest BCUT2D eigenvalue weighted by atomic mass is 10.2. The van der Waals surface area contributed by atoms with Crippen LogP contribution in [0.2, 0.25) is 0 Å². The summed E-state index contributed by atoms with van der Waals surface area (Å²) in [6.45, 7) is 1.53. The molecule has 0 unspecified atom stereocenters. The molecule has 17 heavy (non-hydrogen) atoms. The number of carbonyl (C=O) groups excluding carboxylic acids is 1. The first kappa shape index (κ1) is 12.6. The van der Waals surface area contributed by atoms with E-state index in [4.69, 9.17) is 0 Å². The number of hydrogen-bond acceptors (Lipinski definition) is 5. The Morgan fingerprint density at radius 2 is 2.29 bits per heavy atom. The minimum atomic E-state index is -0.506. The zero-order valence-electron chi connectivity index (χ0n) is 9.39. The molecule has 0 spiro atoms. The molecule has 0 aliphatic carbocycles. The number of ether oxygens (including phenoxy) is 1. The van der Waals surface area contributed by atoms with Crippen LogP contribution in [0.25, 0.3) is 0 Å². The molecule has 1 aromatic rings. The average molecular weight is 234 g/mol. The topological polar surface area (TPSA) is 82.3 Å². The smallest absolute Gasteiger partial charge is 0.317 e. The highest BCUT2D eigenvalue weighted by Crippen LogP contribution is 2.14. The van der Waals surface area contributed by atoms with E-state index in [1.165, 1.54) is 26.2 Å². The van der Waals surface area contributed by atoms with E-state index in [-0.39, 0.29) is 12.1 Å². The summed E-state index contributed by atoms with van der Waals surface area (Å²) in [5.74, 6) is 4.77. The van der Waals surface area contributed by atoms with Crippen molar-refractivity contribution in [2.24, 2.45) is 0 Å². The molecule has 88 valence electrons. The first-order valence-electron chi connectivity index (χ1n) is 4.72.